The van der Waals surface area contributed by atoms with Crippen LogP contribution in [0.2, 0.25) is 0 Å². The highest BCUT2D eigenvalue weighted by Crippen LogP contribution is 2.10. The Bertz CT molecular complexity index is 122. The van der Waals surface area contributed by atoms with Gasteiger partial charge in [0.25, 0.3) is 0 Å². The Morgan fingerprint density at radius 1 is 1.38 bits per heavy atom. The van der Waals surface area contributed by atoms with E-state index in [9.17, 15) is 0 Å². The summed E-state index contributed by atoms with van der Waals surface area (Å²) in [7, 11) is 4.20. The summed E-state index contributed by atoms with van der Waals surface area (Å²) in [5, 5.41) is 3.49. The lowest BCUT2D eigenvalue weighted by atomic mass is 10.0. The van der Waals surface area contributed by atoms with Gasteiger partial charge in [-0.1, -0.05) is 6.92 Å². The quantitative estimate of drug-likeness (QED) is 0.506. The van der Waals surface area contributed by atoms with Crippen molar-refractivity contribution in [3.05, 3.63) is 0 Å². The third-order valence-corrected chi connectivity index (χ3v) is 3.00. The fraction of sp³-hybridized carbons (Fsp3) is 1.00. The Kier molecular flexibility index (Phi) is 6.74. The van der Waals surface area contributed by atoms with Gasteiger partial charge >= 0.3 is 0 Å². The second kappa shape index (κ2) is 6.63. The first-order chi connectivity index (χ1) is 6.04. The van der Waals surface area contributed by atoms with E-state index in [0.29, 0.717) is 5.88 Å². The molecule has 0 aromatic heterocycles. The molecular weight excluding hydrogens is 184 g/mol. The smallest absolute Gasteiger partial charge is 0.0403 e. The maximum absolute atomic E-state index is 5.88. The van der Waals surface area contributed by atoms with Crippen LogP contribution in [0.5, 0.6) is 0 Å². The van der Waals surface area contributed by atoms with E-state index in [1.807, 2.05) is 0 Å². The van der Waals surface area contributed by atoms with Crippen molar-refractivity contribution in [1.29, 1.82) is 0 Å². The zero-order valence-corrected chi connectivity index (χ0v) is 10.1. The van der Waals surface area contributed by atoms with Crippen LogP contribution in [0.25, 0.3) is 0 Å². The number of hydrogen-bond acceptors (Lipinski definition) is 2. The van der Waals surface area contributed by atoms with E-state index in [1.54, 1.807) is 0 Å². The average Bonchev–Trinajstić information content (AvgIpc) is 2.12. The maximum atomic E-state index is 5.88. The summed E-state index contributed by atoms with van der Waals surface area (Å²) in [4.78, 5) is 2.20. The van der Waals surface area contributed by atoms with Crippen LogP contribution < -0.4 is 5.32 Å². The number of nitrogens with zero attached hydrogens (tertiary/aromatic N) is 1. The predicted molar refractivity (Wildman–Crippen MR) is 60.6 cm³/mol. The molecule has 0 aliphatic heterocycles. The van der Waals surface area contributed by atoms with Crippen LogP contribution >= 0.6 is 11.6 Å². The number of alkyl halides is 1. The molecule has 0 saturated carbocycles. The summed E-state index contributed by atoms with van der Waals surface area (Å²) < 4.78 is 0. The number of hydrogen-bond donors (Lipinski definition) is 1. The molecule has 3 heteroatoms. The number of nitrogens with one attached hydrogen (secondary N) is 1. The summed E-state index contributed by atoms with van der Waals surface area (Å²) >= 11 is 5.88. The highest BCUT2D eigenvalue weighted by molar-refractivity contribution is 6.18. The highest BCUT2D eigenvalue weighted by atomic mass is 35.5. The van der Waals surface area contributed by atoms with E-state index >= 15 is 0 Å². The van der Waals surface area contributed by atoms with Crippen LogP contribution in [0, 0.1) is 0 Å². The summed E-state index contributed by atoms with van der Waals surface area (Å²) in [5.74, 6) is 0.686. The molecule has 0 spiro atoms. The molecular formula is C10H23ClN2. The molecule has 80 valence electrons. The Balaban J connectivity index is 3.50. The van der Waals surface area contributed by atoms with Gasteiger partial charge in [0.05, 0.1) is 0 Å². The summed E-state index contributed by atoms with van der Waals surface area (Å²) in [6.07, 6.45) is 2.26. The van der Waals surface area contributed by atoms with E-state index in [2.05, 4.69) is 38.2 Å². The molecule has 0 radical (unpaired) electrons. The Morgan fingerprint density at radius 3 is 2.38 bits per heavy atom. The zero-order valence-electron chi connectivity index (χ0n) is 9.36. The molecule has 1 unspecified atom stereocenters. The zero-order chi connectivity index (χ0) is 10.3. The minimum atomic E-state index is 0.119. The topological polar surface area (TPSA) is 15.3 Å². The van der Waals surface area contributed by atoms with Crippen LogP contribution in [-0.4, -0.2) is 43.5 Å². The summed E-state index contributed by atoms with van der Waals surface area (Å²) in [5.41, 5.74) is 0.119. The molecule has 1 N–H and O–H groups in total. The van der Waals surface area contributed by atoms with Gasteiger partial charge in [-0.3, -0.25) is 0 Å². The Hall–Kier alpha value is 0.210. The normalized spacial score (nSPS) is 16.2. The lowest BCUT2D eigenvalue weighted by Gasteiger charge is -2.27. The van der Waals surface area contributed by atoms with Gasteiger partial charge in [0.1, 0.15) is 0 Å². The first-order valence-corrected chi connectivity index (χ1v) is 5.53. The van der Waals surface area contributed by atoms with E-state index in [4.69, 9.17) is 11.6 Å². The third-order valence-electron chi connectivity index (χ3n) is 2.41. The summed E-state index contributed by atoms with van der Waals surface area (Å²) in [6.45, 7) is 6.53. The van der Waals surface area contributed by atoms with Crippen molar-refractivity contribution in [1.82, 2.24) is 10.2 Å². The van der Waals surface area contributed by atoms with E-state index in [0.717, 1.165) is 19.5 Å². The highest BCUT2D eigenvalue weighted by Gasteiger charge is 2.18. The van der Waals surface area contributed by atoms with Crippen LogP contribution in [0.3, 0.4) is 0 Å². The summed E-state index contributed by atoms with van der Waals surface area (Å²) in [6, 6.07) is 0. The lowest BCUT2D eigenvalue weighted by Crippen LogP contribution is -2.44. The van der Waals surface area contributed by atoms with Gasteiger partial charge < -0.3 is 10.2 Å². The first kappa shape index (κ1) is 13.2. The molecule has 0 heterocycles. The molecule has 0 bridgehead atoms. The molecule has 0 fully saturated rings. The van der Waals surface area contributed by atoms with Gasteiger partial charge in [-0.15, -0.1) is 11.6 Å². The van der Waals surface area contributed by atoms with Crippen molar-refractivity contribution in [3.8, 4) is 0 Å². The van der Waals surface area contributed by atoms with Crippen LogP contribution in [-0.2, 0) is 0 Å². The maximum Gasteiger partial charge on any atom is 0.0403 e. The third kappa shape index (κ3) is 6.30. The monoisotopic (exact) mass is 206 g/mol. The Morgan fingerprint density at radius 2 is 2.00 bits per heavy atom. The van der Waals surface area contributed by atoms with Gasteiger partial charge in [-0.25, -0.2) is 0 Å². The van der Waals surface area contributed by atoms with Crippen molar-refractivity contribution >= 4 is 11.6 Å². The average molecular weight is 207 g/mol. The molecule has 1 atom stereocenters. The molecule has 13 heavy (non-hydrogen) atoms. The van der Waals surface area contributed by atoms with Crippen LogP contribution in [0.15, 0.2) is 0 Å². The lowest BCUT2D eigenvalue weighted by molar-refractivity contribution is 0.347. The molecule has 0 aliphatic carbocycles. The van der Waals surface area contributed by atoms with Crippen LogP contribution in [0.4, 0.5) is 0 Å². The van der Waals surface area contributed by atoms with Gasteiger partial charge in [-0.2, -0.15) is 0 Å². The minimum Gasteiger partial charge on any atom is -0.310 e. The molecule has 0 saturated heterocycles. The van der Waals surface area contributed by atoms with Crippen molar-refractivity contribution in [2.24, 2.45) is 0 Å². The fourth-order valence-corrected chi connectivity index (χ4v) is 1.34. The molecule has 2 nitrogen and oxygen atoms in total. The molecule has 0 aromatic rings. The van der Waals surface area contributed by atoms with Crippen molar-refractivity contribution in [2.75, 3.05) is 33.1 Å². The number of rotatable bonds is 7. The van der Waals surface area contributed by atoms with Crippen LogP contribution in [0.1, 0.15) is 26.7 Å². The van der Waals surface area contributed by atoms with Gasteiger partial charge in [0, 0.05) is 11.4 Å². The predicted octanol–water partition coefficient (Wildman–Crippen LogP) is 1.94. The van der Waals surface area contributed by atoms with E-state index in [1.165, 1.54) is 6.42 Å². The van der Waals surface area contributed by atoms with Crippen molar-refractivity contribution in [3.63, 3.8) is 0 Å². The fourth-order valence-electron chi connectivity index (χ4n) is 1.05. The molecule has 0 rings (SSSR count). The standard InChI is InChI=1S/C10H23ClN2/c1-5-10(2,9-11)12-7-6-8-13(3)4/h12H,5-9H2,1-4H3. The largest absolute Gasteiger partial charge is 0.310 e. The van der Waals surface area contributed by atoms with Crippen molar-refractivity contribution in [2.45, 2.75) is 32.2 Å². The molecule has 0 aromatic carbocycles. The Labute approximate surface area is 87.6 Å². The van der Waals surface area contributed by atoms with Gasteiger partial charge in [-0.05, 0) is 47.0 Å². The second-order valence-corrected chi connectivity index (χ2v) is 4.40. The first-order valence-electron chi connectivity index (χ1n) is 5.00. The molecule has 0 aliphatic rings. The van der Waals surface area contributed by atoms with E-state index in [-0.39, 0.29) is 5.54 Å². The van der Waals surface area contributed by atoms with Gasteiger partial charge in [0.2, 0.25) is 0 Å². The number of halogens is 1. The van der Waals surface area contributed by atoms with Crippen molar-refractivity contribution < 1.29 is 0 Å². The minimum absolute atomic E-state index is 0.119. The van der Waals surface area contributed by atoms with Gasteiger partial charge in [0.15, 0.2) is 0 Å². The SMILES string of the molecule is CCC(C)(CCl)NCCCN(C)C. The second-order valence-electron chi connectivity index (χ2n) is 4.13. The van der Waals surface area contributed by atoms with E-state index < -0.39 is 0 Å². The molecule has 0 amide bonds.